The highest BCUT2D eigenvalue weighted by molar-refractivity contribution is 5.69. The molecule has 40 heavy (non-hydrogen) atoms. The van der Waals surface area contributed by atoms with Crippen LogP contribution >= 0.6 is 0 Å². The molecule has 0 unspecified atom stereocenters. The Labute approximate surface area is 244 Å². The second-order valence-electron chi connectivity index (χ2n) is 11.2. The van der Waals surface area contributed by atoms with E-state index in [-0.39, 0.29) is 11.9 Å². The lowest BCUT2D eigenvalue weighted by Gasteiger charge is -2.06. The van der Waals surface area contributed by atoms with Crippen LogP contribution in [0.1, 0.15) is 125 Å². The topological polar surface area (TPSA) is 52.6 Å². The summed E-state index contributed by atoms with van der Waals surface area (Å²) < 4.78 is 9.38. The highest BCUT2D eigenvalue weighted by atomic mass is 16.5. The summed E-state index contributed by atoms with van der Waals surface area (Å²) in [6.07, 6.45) is 22.7. The molecule has 0 aliphatic rings. The minimum absolute atomic E-state index is 0.1000. The molecular formula is C36H54O4. The van der Waals surface area contributed by atoms with Crippen LogP contribution in [0.5, 0.6) is 0 Å². The summed E-state index contributed by atoms with van der Waals surface area (Å²) in [5, 5.41) is 0. The third-order valence-corrected chi connectivity index (χ3v) is 7.87. The Kier molecular flexibility index (Phi) is 18.6. The number of rotatable bonds is 23. The second kappa shape index (κ2) is 22.1. The number of esters is 2. The normalized spacial score (nSPS) is 10.9. The quantitative estimate of drug-likeness (QED) is 0.102. The van der Waals surface area contributed by atoms with Crippen molar-refractivity contribution < 1.29 is 19.1 Å². The maximum absolute atomic E-state index is 11.2. The number of unbranched alkanes of at least 4 members (excludes halogenated alkanes) is 11. The molecule has 0 spiro atoms. The molecule has 0 aromatic heterocycles. The lowest BCUT2D eigenvalue weighted by molar-refractivity contribution is -0.141. The van der Waals surface area contributed by atoms with Gasteiger partial charge in [-0.1, -0.05) is 99.9 Å². The first-order valence-electron chi connectivity index (χ1n) is 15.9. The summed E-state index contributed by atoms with van der Waals surface area (Å²) in [6.45, 7) is 0. The molecule has 2 rings (SSSR count). The van der Waals surface area contributed by atoms with Gasteiger partial charge in [0.1, 0.15) is 0 Å². The highest BCUT2D eigenvalue weighted by Crippen LogP contribution is 2.16. The van der Waals surface area contributed by atoms with Gasteiger partial charge in [0.05, 0.1) is 14.2 Å². The maximum atomic E-state index is 11.2. The lowest BCUT2D eigenvalue weighted by atomic mass is 10.0. The van der Waals surface area contributed by atoms with Crippen LogP contribution in [0.15, 0.2) is 48.5 Å². The van der Waals surface area contributed by atoms with Crippen molar-refractivity contribution in [3.05, 3.63) is 70.8 Å². The van der Waals surface area contributed by atoms with E-state index in [1.165, 1.54) is 107 Å². The molecule has 0 radical (unpaired) electrons. The molecule has 0 saturated heterocycles. The average Bonchev–Trinajstić information content (AvgIpc) is 2.99. The molecular weight excluding hydrogens is 496 g/mol. The van der Waals surface area contributed by atoms with E-state index in [9.17, 15) is 9.59 Å². The largest absolute Gasteiger partial charge is 0.469 e. The highest BCUT2D eigenvalue weighted by Gasteiger charge is 2.02. The molecule has 0 aliphatic heterocycles. The Balaban J connectivity index is 1.39. The molecule has 0 aliphatic carbocycles. The Hall–Kier alpha value is -2.62. The zero-order valence-electron chi connectivity index (χ0n) is 25.4. The molecule has 2 aromatic carbocycles. The van der Waals surface area contributed by atoms with E-state index < -0.39 is 0 Å². The van der Waals surface area contributed by atoms with Gasteiger partial charge in [0, 0.05) is 12.8 Å². The van der Waals surface area contributed by atoms with Crippen LogP contribution in [0.3, 0.4) is 0 Å². The number of carbonyl (C=O) groups is 2. The number of aryl methyl sites for hydroxylation is 4. The van der Waals surface area contributed by atoms with Gasteiger partial charge in [0.15, 0.2) is 0 Å². The van der Waals surface area contributed by atoms with Gasteiger partial charge in [-0.25, -0.2) is 0 Å². The summed E-state index contributed by atoms with van der Waals surface area (Å²) in [7, 11) is 2.91. The molecule has 0 atom stereocenters. The van der Waals surface area contributed by atoms with Gasteiger partial charge >= 0.3 is 11.9 Å². The van der Waals surface area contributed by atoms with Gasteiger partial charge in [0.2, 0.25) is 0 Å². The van der Waals surface area contributed by atoms with Crippen LogP contribution in [-0.2, 0) is 44.7 Å². The number of ether oxygens (including phenoxy) is 2. The lowest BCUT2D eigenvalue weighted by Crippen LogP contribution is -1.99. The van der Waals surface area contributed by atoms with Gasteiger partial charge in [-0.3, -0.25) is 9.59 Å². The Bertz CT molecular complexity index is 917. The van der Waals surface area contributed by atoms with Gasteiger partial charge in [-0.2, -0.15) is 0 Å². The number of carbonyl (C=O) groups excluding carboxylic acids is 2. The van der Waals surface area contributed by atoms with Crippen molar-refractivity contribution in [1.29, 1.82) is 0 Å². The number of hydrogen-bond donors (Lipinski definition) is 0. The molecule has 0 saturated carbocycles. The van der Waals surface area contributed by atoms with E-state index in [4.69, 9.17) is 4.74 Å². The standard InChI is InChI=1S/C36H54O4/c1-39-35(37)21-14-10-13-19-33-25-23-31(24-26-33)17-11-8-6-4-3-5-7-9-12-18-32-27-29-34(30-28-32)20-15-16-22-36(38)40-2/h23-30H,3-22H2,1-2H3. The third kappa shape index (κ3) is 16.5. The summed E-state index contributed by atoms with van der Waals surface area (Å²) in [4.78, 5) is 22.3. The van der Waals surface area contributed by atoms with Gasteiger partial charge in [-0.05, 0) is 86.5 Å². The van der Waals surface area contributed by atoms with Crippen molar-refractivity contribution in [3.8, 4) is 0 Å². The van der Waals surface area contributed by atoms with E-state index in [2.05, 4.69) is 53.3 Å². The molecule has 4 nitrogen and oxygen atoms in total. The first-order valence-corrected chi connectivity index (χ1v) is 15.9. The van der Waals surface area contributed by atoms with Gasteiger partial charge < -0.3 is 9.47 Å². The van der Waals surface area contributed by atoms with Crippen molar-refractivity contribution in [2.75, 3.05) is 14.2 Å². The van der Waals surface area contributed by atoms with Crippen molar-refractivity contribution in [1.82, 2.24) is 0 Å². The van der Waals surface area contributed by atoms with Crippen molar-refractivity contribution >= 4 is 11.9 Å². The third-order valence-electron chi connectivity index (χ3n) is 7.87. The zero-order chi connectivity index (χ0) is 28.7. The fourth-order valence-electron chi connectivity index (χ4n) is 5.22. The summed E-state index contributed by atoms with van der Waals surface area (Å²) in [6, 6.07) is 18.2. The van der Waals surface area contributed by atoms with Crippen LogP contribution < -0.4 is 0 Å². The first kappa shape index (κ1) is 33.6. The van der Waals surface area contributed by atoms with E-state index in [1.54, 1.807) is 0 Å². The summed E-state index contributed by atoms with van der Waals surface area (Å²) in [5.41, 5.74) is 5.67. The zero-order valence-corrected chi connectivity index (χ0v) is 25.4. The molecule has 222 valence electrons. The van der Waals surface area contributed by atoms with E-state index in [1.807, 2.05) is 0 Å². The summed E-state index contributed by atoms with van der Waals surface area (Å²) in [5.74, 6) is -0.209. The number of hydrogen-bond acceptors (Lipinski definition) is 4. The van der Waals surface area contributed by atoms with E-state index in [0.29, 0.717) is 12.8 Å². The van der Waals surface area contributed by atoms with E-state index in [0.717, 1.165) is 44.9 Å². The van der Waals surface area contributed by atoms with Crippen LogP contribution in [0.4, 0.5) is 0 Å². The smallest absolute Gasteiger partial charge is 0.305 e. The van der Waals surface area contributed by atoms with Crippen molar-refractivity contribution in [2.45, 2.75) is 128 Å². The van der Waals surface area contributed by atoms with Gasteiger partial charge in [-0.15, -0.1) is 0 Å². The van der Waals surface area contributed by atoms with Crippen LogP contribution in [0, 0.1) is 0 Å². The Morgan fingerprint density at radius 2 is 0.625 bits per heavy atom. The molecule has 0 fully saturated rings. The Morgan fingerprint density at radius 1 is 0.400 bits per heavy atom. The average molecular weight is 551 g/mol. The fraction of sp³-hybridized carbons (Fsp3) is 0.611. The van der Waals surface area contributed by atoms with Crippen molar-refractivity contribution in [2.24, 2.45) is 0 Å². The minimum atomic E-state index is -0.109. The molecule has 2 aromatic rings. The molecule has 0 N–H and O–H groups in total. The van der Waals surface area contributed by atoms with Crippen LogP contribution in [0.2, 0.25) is 0 Å². The number of methoxy groups -OCH3 is 2. The fourth-order valence-corrected chi connectivity index (χ4v) is 5.22. The second-order valence-corrected chi connectivity index (χ2v) is 11.2. The molecule has 0 amide bonds. The summed E-state index contributed by atoms with van der Waals surface area (Å²) >= 11 is 0. The predicted octanol–water partition coefficient (Wildman–Crippen LogP) is 9.14. The Morgan fingerprint density at radius 3 is 0.925 bits per heavy atom. The number of benzene rings is 2. The first-order chi connectivity index (χ1) is 19.6. The van der Waals surface area contributed by atoms with Crippen LogP contribution in [-0.4, -0.2) is 26.2 Å². The molecule has 0 bridgehead atoms. The maximum Gasteiger partial charge on any atom is 0.305 e. The molecule has 4 heteroatoms. The van der Waals surface area contributed by atoms with Crippen molar-refractivity contribution in [3.63, 3.8) is 0 Å². The predicted molar refractivity (Wildman–Crippen MR) is 166 cm³/mol. The van der Waals surface area contributed by atoms with Crippen LogP contribution in [0.25, 0.3) is 0 Å². The SMILES string of the molecule is COC(=O)CCCCCc1ccc(CCCCCCCCCCCc2ccc(CCCCC(=O)OC)cc2)cc1. The molecule has 0 heterocycles. The minimum Gasteiger partial charge on any atom is -0.469 e. The monoisotopic (exact) mass is 550 g/mol. The van der Waals surface area contributed by atoms with Gasteiger partial charge in [0.25, 0.3) is 0 Å². The van der Waals surface area contributed by atoms with E-state index >= 15 is 0 Å².